The minimum absolute atomic E-state index is 0.223. The lowest BCUT2D eigenvalue weighted by atomic mass is 9.97. The van der Waals surface area contributed by atoms with Gasteiger partial charge in [0.15, 0.2) is 0 Å². The number of rotatable bonds is 4. The number of nitrogens with zero attached hydrogens (tertiary/aromatic N) is 1. The van der Waals surface area contributed by atoms with Crippen molar-refractivity contribution in [2.45, 2.75) is 19.8 Å². The fourth-order valence-corrected chi connectivity index (χ4v) is 2.86. The summed E-state index contributed by atoms with van der Waals surface area (Å²) in [5.41, 5.74) is 1.40. The highest BCUT2D eigenvalue weighted by atomic mass is 16.5. The van der Waals surface area contributed by atoms with E-state index >= 15 is 0 Å². The quantitative estimate of drug-likeness (QED) is 0.791. The van der Waals surface area contributed by atoms with E-state index in [2.05, 4.69) is 10.6 Å². The smallest absolute Gasteiger partial charge is 0.409 e. The number of hydrogen-bond donors (Lipinski definition) is 2. The lowest BCUT2D eigenvalue weighted by Crippen LogP contribution is -2.43. The summed E-state index contributed by atoms with van der Waals surface area (Å²) >= 11 is 0. The summed E-state index contributed by atoms with van der Waals surface area (Å²) in [6, 6.07) is 5.33. The highest BCUT2D eigenvalue weighted by molar-refractivity contribution is 6.39. The Morgan fingerprint density at radius 2 is 1.85 bits per heavy atom. The number of methoxy groups -OCH3 is 2. The minimum Gasteiger partial charge on any atom is -0.495 e. The van der Waals surface area contributed by atoms with Crippen LogP contribution >= 0.6 is 0 Å². The van der Waals surface area contributed by atoms with Crippen molar-refractivity contribution in [3.63, 3.8) is 0 Å². The van der Waals surface area contributed by atoms with E-state index in [0.29, 0.717) is 31.1 Å². The summed E-state index contributed by atoms with van der Waals surface area (Å²) in [5.74, 6) is -0.710. The Kier molecular flexibility index (Phi) is 6.82. The van der Waals surface area contributed by atoms with Gasteiger partial charge < -0.3 is 25.0 Å². The Morgan fingerprint density at radius 3 is 2.46 bits per heavy atom. The van der Waals surface area contributed by atoms with Crippen molar-refractivity contribution in [3.8, 4) is 5.75 Å². The fraction of sp³-hybridized carbons (Fsp3) is 0.500. The van der Waals surface area contributed by atoms with E-state index in [9.17, 15) is 14.4 Å². The van der Waals surface area contributed by atoms with Crippen LogP contribution in [0.3, 0.4) is 0 Å². The van der Waals surface area contributed by atoms with Crippen molar-refractivity contribution >= 4 is 23.6 Å². The number of anilines is 1. The SMILES string of the molecule is COC(=O)N1CCC(CNC(=O)C(=O)Nc2cc(C)ccc2OC)CC1. The third-order valence-electron chi connectivity index (χ3n) is 4.41. The maximum absolute atomic E-state index is 12.1. The van der Waals surface area contributed by atoms with Gasteiger partial charge in [-0.25, -0.2) is 4.79 Å². The molecule has 0 atom stereocenters. The standard InChI is InChI=1S/C18H25N3O5/c1-12-4-5-15(25-2)14(10-12)20-17(23)16(22)19-11-13-6-8-21(9-7-13)18(24)26-3/h4-5,10,13H,6-9,11H2,1-3H3,(H,19,22)(H,20,23). The summed E-state index contributed by atoms with van der Waals surface area (Å²) in [6.07, 6.45) is 1.17. The Hall–Kier alpha value is -2.77. The van der Waals surface area contributed by atoms with Gasteiger partial charge in [-0.05, 0) is 43.4 Å². The number of ether oxygens (including phenoxy) is 2. The fourth-order valence-electron chi connectivity index (χ4n) is 2.86. The highest BCUT2D eigenvalue weighted by Crippen LogP contribution is 2.25. The first-order chi connectivity index (χ1) is 12.4. The molecular weight excluding hydrogens is 338 g/mol. The van der Waals surface area contributed by atoms with E-state index in [1.807, 2.05) is 13.0 Å². The molecule has 26 heavy (non-hydrogen) atoms. The van der Waals surface area contributed by atoms with Gasteiger partial charge >= 0.3 is 17.9 Å². The van der Waals surface area contributed by atoms with Gasteiger partial charge in [0, 0.05) is 19.6 Å². The van der Waals surface area contributed by atoms with Crippen LogP contribution in [0.4, 0.5) is 10.5 Å². The molecule has 2 N–H and O–H groups in total. The van der Waals surface area contributed by atoms with Crippen LogP contribution in [-0.2, 0) is 14.3 Å². The van der Waals surface area contributed by atoms with E-state index < -0.39 is 11.8 Å². The topological polar surface area (TPSA) is 97.0 Å². The lowest BCUT2D eigenvalue weighted by Gasteiger charge is -2.30. The van der Waals surface area contributed by atoms with E-state index in [0.717, 1.165) is 18.4 Å². The molecule has 0 aliphatic carbocycles. The van der Waals surface area contributed by atoms with Crippen molar-refractivity contribution in [3.05, 3.63) is 23.8 Å². The molecule has 1 heterocycles. The number of carbonyl (C=O) groups excluding carboxylic acids is 3. The molecule has 1 aliphatic rings. The molecule has 1 aliphatic heterocycles. The molecule has 0 spiro atoms. The second-order valence-corrected chi connectivity index (χ2v) is 6.27. The molecule has 0 radical (unpaired) electrons. The Labute approximate surface area is 152 Å². The predicted molar refractivity (Wildman–Crippen MR) is 96.1 cm³/mol. The van der Waals surface area contributed by atoms with E-state index in [-0.39, 0.29) is 12.0 Å². The molecule has 2 rings (SSSR count). The van der Waals surface area contributed by atoms with E-state index in [1.54, 1.807) is 17.0 Å². The number of carbonyl (C=O) groups is 3. The van der Waals surface area contributed by atoms with Crippen LogP contribution in [0.25, 0.3) is 0 Å². The molecule has 0 saturated carbocycles. The van der Waals surface area contributed by atoms with E-state index in [4.69, 9.17) is 9.47 Å². The van der Waals surface area contributed by atoms with Gasteiger partial charge in [0.25, 0.3) is 0 Å². The Bertz CT molecular complexity index is 669. The van der Waals surface area contributed by atoms with E-state index in [1.165, 1.54) is 14.2 Å². The summed E-state index contributed by atoms with van der Waals surface area (Å²) in [4.78, 5) is 37.2. The molecule has 1 aromatic rings. The van der Waals surface area contributed by atoms with Crippen molar-refractivity contribution < 1.29 is 23.9 Å². The normalized spacial score (nSPS) is 14.5. The highest BCUT2D eigenvalue weighted by Gasteiger charge is 2.24. The second-order valence-electron chi connectivity index (χ2n) is 6.27. The number of aryl methyl sites for hydroxylation is 1. The largest absolute Gasteiger partial charge is 0.495 e. The predicted octanol–water partition coefficient (Wildman–Crippen LogP) is 1.54. The molecule has 1 saturated heterocycles. The summed E-state index contributed by atoms with van der Waals surface area (Å²) in [7, 11) is 2.86. The first kappa shape index (κ1) is 19.6. The third-order valence-corrected chi connectivity index (χ3v) is 4.41. The zero-order valence-electron chi connectivity index (χ0n) is 15.3. The summed E-state index contributed by atoms with van der Waals surface area (Å²) in [6.45, 7) is 3.45. The molecule has 0 unspecified atom stereocenters. The molecule has 8 heteroatoms. The maximum atomic E-state index is 12.1. The number of benzene rings is 1. The molecule has 142 valence electrons. The van der Waals surface area contributed by atoms with Gasteiger partial charge in [-0.2, -0.15) is 0 Å². The lowest BCUT2D eigenvalue weighted by molar-refractivity contribution is -0.136. The van der Waals surface area contributed by atoms with Gasteiger partial charge in [-0.3, -0.25) is 9.59 Å². The van der Waals surface area contributed by atoms with Gasteiger partial charge in [0.05, 0.1) is 19.9 Å². The van der Waals surface area contributed by atoms with Crippen molar-refractivity contribution in [2.75, 3.05) is 39.2 Å². The zero-order chi connectivity index (χ0) is 19.1. The van der Waals surface area contributed by atoms with Crippen molar-refractivity contribution in [2.24, 2.45) is 5.92 Å². The third kappa shape index (κ3) is 5.11. The molecule has 0 bridgehead atoms. The first-order valence-corrected chi connectivity index (χ1v) is 8.51. The zero-order valence-corrected chi connectivity index (χ0v) is 15.3. The molecule has 8 nitrogen and oxygen atoms in total. The van der Waals surface area contributed by atoms with Gasteiger partial charge in [-0.1, -0.05) is 6.07 Å². The molecular formula is C18H25N3O5. The average molecular weight is 363 g/mol. The van der Waals surface area contributed by atoms with Crippen LogP contribution in [0.1, 0.15) is 18.4 Å². The van der Waals surface area contributed by atoms with Gasteiger partial charge in [0.2, 0.25) is 0 Å². The van der Waals surface area contributed by atoms with Crippen LogP contribution in [0, 0.1) is 12.8 Å². The van der Waals surface area contributed by atoms with Crippen LogP contribution in [0.2, 0.25) is 0 Å². The average Bonchev–Trinajstić information content (AvgIpc) is 2.66. The number of amides is 3. The molecule has 3 amide bonds. The van der Waals surface area contributed by atoms with Crippen LogP contribution < -0.4 is 15.4 Å². The minimum atomic E-state index is -0.735. The van der Waals surface area contributed by atoms with Crippen LogP contribution in [0.15, 0.2) is 18.2 Å². The maximum Gasteiger partial charge on any atom is 0.409 e. The summed E-state index contributed by atoms with van der Waals surface area (Å²) < 4.78 is 9.88. The van der Waals surface area contributed by atoms with Gasteiger partial charge in [-0.15, -0.1) is 0 Å². The van der Waals surface area contributed by atoms with Crippen LogP contribution in [-0.4, -0.2) is 56.7 Å². The molecule has 1 aromatic carbocycles. The van der Waals surface area contributed by atoms with Gasteiger partial charge in [0.1, 0.15) is 5.75 Å². The monoisotopic (exact) mass is 363 g/mol. The Morgan fingerprint density at radius 1 is 1.15 bits per heavy atom. The number of piperidine rings is 1. The number of hydrogen-bond acceptors (Lipinski definition) is 5. The molecule has 1 fully saturated rings. The van der Waals surface area contributed by atoms with Crippen molar-refractivity contribution in [1.29, 1.82) is 0 Å². The van der Waals surface area contributed by atoms with Crippen molar-refractivity contribution in [1.82, 2.24) is 10.2 Å². The number of likely N-dealkylation sites (tertiary alicyclic amines) is 1. The van der Waals surface area contributed by atoms with Crippen LogP contribution in [0.5, 0.6) is 5.75 Å². The first-order valence-electron chi connectivity index (χ1n) is 8.51. The molecule has 0 aromatic heterocycles. The number of nitrogens with one attached hydrogen (secondary N) is 2. The second kappa shape index (κ2) is 9.07. The summed E-state index contributed by atoms with van der Waals surface area (Å²) in [5, 5.41) is 5.23. The Balaban J connectivity index is 1.81.